The molecule has 0 aliphatic carbocycles. The number of nitrogens with one attached hydrogen (secondary N) is 3. The van der Waals surface area contributed by atoms with Crippen molar-refractivity contribution in [3.8, 4) is 0 Å². The van der Waals surface area contributed by atoms with E-state index < -0.39 is 0 Å². The SMILES string of the molecule is O=C(Nc1ccc(Br)cn1)C1CCCN(C(=O)C2CNNC2c2ccc(Cl)cc2)C1. The third kappa shape index (κ3) is 4.83. The van der Waals surface area contributed by atoms with Crippen LogP contribution >= 0.6 is 27.5 Å². The molecule has 0 saturated carbocycles. The van der Waals surface area contributed by atoms with Crippen molar-refractivity contribution in [3.05, 3.63) is 57.7 Å². The average molecular weight is 493 g/mol. The van der Waals surface area contributed by atoms with Crippen LogP contribution in [0.15, 0.2) is 47.1 Å². The molecule has 2 aromatic rings. The minimum absolute atomic E-state index is 0.0618. The van der Waals surface area contributed by atoms with Crippen molar-refractivity contribution in [1.29, 1.82) is 0 Å². The molecule has 158 valence electrons. The molecule has 7 nitrogen and oxygen atoms in total. The van der Waals surface area contributed by atoms with Crippen LogP contribution in [0.1, 0.15) is 24.4 Å². The Balaban J connectivity index is 1.40. The van der Waals surface area contributed by atoms with Crippen molar-refractivity contribution in [2.24, 2.45) is 11.8 Å². The summed E-state index contributed by atoms with van der Waals surface area (Å²) in [7, 11) is 0. The van der Waals surface area contributed by atoms with E-state index in [2.05, 4.69) is 37.1 Å². The summed E-state index contributed by atoms with van der Waals surface area (Å²) >= 11 is 9.33. The topological polar surface area (TPSA) is 86.4 Å². The number of benzene rings is 1. The van der Waals surface area contributed by atoms with Crippen molar-refractivity contribution in [2.75, 3.05) is 25.0 Å². The third-order valence-electron chi connectivity index (χ3n) is 5.61. The van der Waals surface area contributed by atoms with Crippen LogP contribution in [0.4, 0.5) is 5.82 Å². The number of rotatable bonds is 4. The molecule has 0 bridgehead atoms. The van der Waals surface area contributed by atoms with Gasteiger partial charge in [0.05, 0.1) is 17.9 Å². The molecule has 3 heterocycles. The molecular weight excluding hydrogens is 470 g/mol. The van der Waals surface area contributed by atoms with Gasteiger partial charge in [0.2, 0.25) is 11.8 Å². The fourth-order valence-corrected chi connectivity index (χ4v) is 4.38. The van der Waals surface area contributed by atoms with Gasteiger partial charge in [-0.2, -0.15) is 0 Å². The number of hydrogen-bond donors (Lipinski definition) is 3. The number of piperidine rings is 1. The summed E-state index contributed by atoms with van der Waals surface area (Å²) in [4.78, 5) is 32.0. The maximum atomic E-state index is 13.3. The predicted molar refractivity (Wildman–Crippen MR) is 119 cm³/mol. The van der Waals surface area contributed by atoms with E-state index in [0.29, 0.717) is 30.5 Å². The molecule has 2 aliphatic heterocycles. The summed E-state index contributed by atoms with van der Waals surface area (Å²) < 4.78 is 0.851. The van der Waals surface area contributed by atoms with E-state index in [4.69, 9.17) is 11.6 Å². The van der Waals surface area contributed by atoms with Gasteiger partial charge in [-0.1, -0.05) is 23.7 Å². The van der Waals surface area contributed by atoms with E-state index in [1.54, 1.807) is 12.3 Å². The van der Waals surface area contributed by atoms with E-state index >= 15 is 0 Å². The lowest BCUT2D eigenvalue weighted by molar-refractivity contribution is -0.138. The maximum Gasteiger partial charge on any atom is 0.230 e. The first-order chi connectivity index (χ1) is 14.5. The quantitative estimate of drug-likeness (QED) is 0.610. The smallest absolute Gasteiger partial charge is 0.230 e. The Morgan fingerprint density at radius 1 is 1.20 bits per heavy atom. The third-order valence-corrected chi connectivity index (χ3v) is 6.33. The lowest BCUT2D eigenvalue weighted by Crippen LogP contribution is -2.47. The summed E-state index contributed by atoms with van der Waals surface area (Å²) in [5, 5.41) is 3.53. The number of amides is 2. The van der Waals surface area contributed by atoms with Gasteiger partial charge in [0.1, 0.15) is 5.82 Å². The summed E-state index contributed by atoms with van der Waals surface area (Å²) in [5.74, 6) is -0.00446. The standard InChI is InChI=1S/C21H23BrClN5O2/c22-15-5-8-18(24-10-15)26-20(29)14-2-1-9-28(12-14)21(30)17-11-25-27-19(17)13-3-6-16(23)7-4-13/h3-8,10,14,17,19,25,27H,1-2,9,11-12H2,(H,24,26,29). The first-order valence-electron chi connectivity index (χ1n) is 9.96. The second kappa shape index (κ2) is 9.43. The molecular formula is C21H23BrClN5O2. The second-order valence-corrected chi connectivity index (χ2v) is 8.99. The molecule has 2 aliphatic rings. The Kier molecular flexibility index (Phi) is 6.67. The number of carbonyl (C=O) groups excluding carboxylic acids is 2. The minimum Gasteiger partial charge on any atom is -0.342 e. The fourth-order valence-electron chi connectivity index (χ4n) is 4.02. The van der Waals surface area contributed by atoms with E-state index in [1.807, 2.05) is 35.2 Å². The van der Waals surface area contributed by atoms with Gasteiger partial charge in [-0.3, -0.25) is 15.0 Å². The van der Waals surface area contributed by atoms with Crippen LogP contribution in [0.25, 0.3) is 0 Å². The highest BCUT2D eigenvalue weighted by Gasteiger charge is 2.38. The lowest BCUT2D eigenvalue weighted by Gasteiger charge is -2.34. The van der Waals surface area contributed by atoms with Crippen molar-refractivity contribution in [3.63, 3.8) is 0 Å². The number of aromatic nitrogens is 1. The summed E-state index contributed by atoms with van der Waals surface area (Å²) in [6, 6.07) is 11.0. The van der Waals surface area contributed by atoms with E-state index in [1.165, 1.54) is 0 Å². The highest BCUT2D eigenvalue weighted by atomic mass is 79.9. The van der Waals surface area contributed by atoms with Crippen molar-refractivity contribution < 1.29 is 9.59 Å². The minimum atomic E-state index is -0.246. The number of anilines is 1. The van der Waals surface area contributed by atoms with Gasteiger partial charge in [0.25, 0.3) is 0 Å². The Morgan fingerprint density at radius 2 is 2.00 bits per heavy atom. The second-order valence-electron chi connectivity index (χ2n) is 7.64. The van der Waals surface area contributed by atoms with Crippen molar-refractivity contribution in [2.45, 2.75) is 18.9 Å². The summed E-state index contributed by atoms with van der Waals surface area (Å²) in [5.41, 5.74) is 7.32. The van der Waals surface area contributed by atoms with Crippen LogP contribution in [-0.4, -0.2) is 41.3 Å². The van der Waals surface area contributed by atoms with Crippen LogP contribution in [0.5, 0.6) is 0 Å². The molecule has 1 aromatic heterocycles. The Bertz CT molecular complexity index is 909. The Labute approximate surface area is 188 Å². The molecule has 0 radical (unpaired) electrons. The van der Waals surface area contributed by atoms with Gasteiger partial charge in [-0.05, 0) is 58.6 Å². The largest absolute Gasteiger partial charge is 0.342 e. The normalized spacial score (nSPS) is 23.9. The zero-order valence-corrected chi connectivity index (χ0v) is 18.6. The molecule has 2 fully saturated rings. The zero-order valence-electron chi connectivity index (χ0n) is 16.3. The molecule has 3 unspecified atom stereocenters. The number of carbonyl (C=O) groups is 2. The van der Waals surface area contributed by atoms with Gasteiger partial charge in [-0.25, -0.2) is 10.4 Å². The molecule has 3 N–H and O–H groups in total. The fraction of sp³-hybridized carbons (Fsp3) is 0.381. The van der Waals surface area contributed by atoms with Crippen LogP contribution in [0, 0.1) is 11.8 Å². The number of pyridine rings is 1. The van der Waals surface area contributed by atoms with Gasteiger partial charge < -0.3 is 10.2 Å². The Hall–Kier alpha value is -2.00. The van der Waals surface area contributed by atoms with Crippen LogP contribution < -0.4 is 16.2 Å². The molecule has 2 saturated heterocycles. The van der Waals surface area contributed by atoms with E-state index in [9.17, 15) is 9.59 Å². The monoisotopic (exact) mass is 491 g/mol. The first kappa shape index (κ1) is 21.2. The molecule has 1 aromatic carbocycles. The van der Waals surface area contributed by atoms with Crippen LogP contribution in [-0.2, 0) is 9.59 Å². The molecule has 3 atom stereocenters. The first-order valence-corrected chi connectivity index (χ1v) is 11.1. The van der Waals surface area contributed by atoms with Gasteiger partial charge in [0.15, 0.2) is 0 Å². The maximum absolute atomic E-state index is 13.3. The van der Waals surface area contributed by atoms with E-state index in [-0.39, 0.29) is 29.7 Å². The number of nitrogens with zero attached hydrogens (tertiary/aromatic N) is 2. The molecule has 0 spiro atoms. The van der Waals surface area contributed by atoms with Crippen molar-refractivity contribution >= 4 is 45.2 Å². The van der Waals surface area contributed by atoms with Gasteiger partial charge in [-0.15, -0.1) is 0 Å². The van der Waals surface area contributed by atoms with Crippen LogP contribution in [0.2, 0.25) is 5.02 Å². The van der Waals surface area contributed by atoms with Crippen LogP contribution in [0.3, 0.4) is 0 Å². The Morgan fingerprint density at radius 3 is 2.73 bits per heavy atom. The molecule has 4 rings (SSSR count). The van der Waals surface area contributed by atoms with Gasteiger partial charge in [0, 0.05) is 35.3 Å². The summed E-state index contributed by atoms with van der Waals surface area (Å²) in [6.45, 7) is 1.64. The average Bonchev–Trinajstić information content (AvgIpc) is 3.25. The van der Waals surface area contributed by atoms with E-state index in [0.717, 1.165) is 22.9 Å². The predicted octanol–water partition coefficient (Wildman–Crippen LogP) is 3.14. The molecule has 30 heavy (non-hydrogen) atoms. The molecule has 2 amide bonds. The number of hydrazine groups is 1. The number of hydrogen-bond acceptors (Lipinski definition) is 5. The van der Waals surface area contributed by atoms with Gasteiger partial charge >= 0.3 is 0 Å². The zero-order chi connectivity index (χ0) is 21.1. The van der Waals surface area contributed by atoms with Crippen molar-refractivity contribution in [1.82, 2.24) is 20.7 Å². The lowest BCUT2D eigenvalue weighted by atomic mass is 9.91. The highest BCUT2D eigenvalue weighted by molar-refractivity contribution is 9.10. The highest BCUT2D eigenvalue weighted by Crippen LogP contribution is 2.29. The molecule has 9 heteroatoms. The summed E-state index contributed by atoms with van der Waals surface area (Å²) in [6.07, 6.45) is 3.20. The number of likely N-dealkylation sites (tertiary alicyclic amines) is 1. The number of halogens is 2.